The molecule has 0 bridgehead atoms. The van der Waals surface area contributed by atoms with E-state index < -0.39 is 0 Å². The lowest BCUT2D eigenvalue weighted by molar-refractivity contribution is 0.252. The molecule has 0 spiro atoms. The standard InChI is InChI=1S/C23H24N4O2S/c1-17-12-13-19(26-23(29)25-18-8-4-2-5-9-18)16-21(17)27-22(28)24-14-15-30-20-10-6-3-7-11-20/h2-13,16H,14-15H2,1H3,(H2,24,27,28)(H2,25,26,29). The van der Waals surface area contributed by atoms with Crippen molar-refractivity contribution in [1.82, 2.24) is 5.32 Å². The highest BCUT2D eigenvalue weighted by molar-refractivity contribution is 7.99. The van der Waals surface area contributed by atoms with E-state index in [-0.39, 0.29) is 12.1 Å². The van der Waals surface area contributed by atoms with Crippen LogP contribution in [0.15, 0.2) is 83.8 Å². The molecule has 4 N–H and O–H groups in total. The monoisotopic (exact) mass is 420 g/mol. The van der Waals surface area contributed by atoms with Crippen LogP contribution in [0, 0.1) is 6.92 Å². The number of aryl methyl sites for hydroxylation is 1. The first-order valence-corrected chi connectivity index (χ1v) is 10.5. The van der Waals surface area contributed by atoms with E-state index in [1.165, 1.54) is 4.90 Å². The Morgan fingerprint density at radius 2 is 1.43 bits per heavy atom. The van der Waals surface area contributed by atoms with Gasteiger partial charge < -0.3 is 21.3 Å². The predicted octanol–water partition coefficient (Wildman–Crippen LogP) is 5.55. The number of urea groups is 2. The summed E-state index contributed by atoms with van der Waals surface area (Å²) in [6.45, 7) is 2.44. The van der Waals surface area contributed by atoms with Gasteiger partial charge in [0.15, 0.2) is 0 Å². The number of para-hydroxylation sites is 1. The van der Waals surface area contributed by atoms with Crippen molar-refractivity contribution in [3.8, 4) is 0 Å². The van der Waals surface area contributed by atoms with Crippen molar-refractivity contribution in [1.29, 1.82) is 0 Å². The van der Waals surface area contributed by atoms with E-state index in [1.807, 2.05) is 73.7 Å². The highest BCUT2D eigenvalue weighted by atomic mass is 32.2. The molecule has 0 aliphatic carbocycles. The van der Waals surface area contributed by atoms with Crippen molar-refractivity contribution in [3.63, 3.8) is 0 Å². The number of rotatable bonds is 7. The number of carbonyl (C=O) groups is 2. The van der Waals surface area contributed by atoms with Gasteiger partial charge in [0.05, 0.1) is 0 Å². The second kappa shape index (κ2) is 10.9. The van der Waals surface area contributed by atoms with Gasteiger partial charge in [0, 0.05) is 34.3 Å². The molecule has 0 unspecified atom stereocenters. The smallest absolute Gasteiger partial charge is 0.323 e. The van der Waals surface area contributed by atoms with Crippen LogP contribution in [-0.4, -0.2) is 24.4 Å². The highest BCUT2D eigenvalue weighted by Gasteiger charge is 2.08. The lowest BCUT2D eigenvalue weighted by atomic mass is 10.2. The van der Waals surface area contributed by atoms with Crippen LogP contribution >= 0.6 is 11.8 Å². The molecule has 6 nitrogen and oxygen atoms in total. The maximum atomic E-state index is 12.2. The van der Waals surface area contributed by atoms with Crippen molar-refractivity contribution in [2.75, 3.05) is 28.2 Å². The minimum atomic E-state index is -0.349. The molecule has 0 fully saturated rings. The van der Waals surface area contributed by atoms with E-state index in [0.717, 1.165) is 11.3 Å². The van der Waals surface area contributed by atoms with Gasteiger partial charge in [-0.2, -0.15) is 0 Å². The molecule has 0 radical (unpaired) electrons. The molecule has 30 heavy (non-hydrogen) atoms. The van der Waals surface area contributed by atoms with Gasteiger partial charge in [-0.05, 0) is 48.9 Å². The lowest BCUT2D eigenvalue weighted by Crippen LogP contribution is -2.30. The van der Waals surface area contributed by atoms with Gasteiger partial charge in [-0.15, -0.1) is 11.8 Å². The fourth-order valence-electron chi connectivity index (χ4n) is 2.67. The molecule has 4 amide bonds. The Labute approximate surface area is 180 Å². The zero-order valence-electron chi connectivity index (χ0n) is 16.6. The SMILES string of the molecule is Cc1ccc(NC(=O)Nc2ccccc2)cc1NC(=O)NCCSc1ccccc1. The molecule has 0 atom stereocenters. The second-order valence-electron chi connectivity index (χ2n) is 6.52. The van der Waals surface area contributed by atoms with Gasteiger partial charge >= 0.3 is 12.1 Å². The van der Waals surface area contributed by atoms with Crippen LogP contribution in [0.25, 0.3) is 0 Å². The summed E-state index contributed by atoms with van der Waals surface area (Å²) in [5.41, 5.74) is 2.83. The maximum Gasteiger partial charge on any atom is 0.323 e. The summed E-state index contributed by atoms with van der Waals surface area (Å²) in [7, 11) is 0. The van der Waals surface area contributed by atoms with Crippen LogP contribution in [0.2, 0.25) is 0 Å². The van der Waals surface area contributed by atoms with Gasteiger partial charge in [0.25, 0.3) is 0 Å². The third-order valence-corrected chi connectivity index (χ3v) is 5.19. The Morgan fingerprint density at radius 3 is 2.17 bits per heavy atom. The summed E-state index contributed by atoms with van der Waals surface area (Å²) in [5, 5.41) is 11.2. The third kappa shape index (κ3) is 6.86. The van der Waals surface area contributed by atoms with Crippen molar-refractivity contribution < 1.29 is 9.59 Å². The van der Waals surface area contributed by atoms with Crippen LogP contribution in [0.4, 0.5) is 26.7 Å². The van der Waals surface area contributed by atoms with Gasteiger partial charge in [-0.1, -0.05) is 42.5 Å². The molecule has 0 aliphatic rings. The minimum Gasteiger partial charge on any atom is -0.337 e. The van der Waals surface area contributed by atoms with Gasteiger partial charge in [0.1, 0.15) is 0 Å². The molecular weight excluding hydrogens is 396 g/mol. The fraction of sp³-hybridized carbons (Fsp3) is 0.130. The van der Waals surface area contributed by atoms with Crippen LogP contribution in [0.5, 0.6) is 0 Å². The normalized spacial score (nSPS) is 10.2. The summed E-state index contributed by atoms with van der Waals surface area (Å²) in [4.78, 5) is 25.6. The topological polar surface area (TPSA) is 82.3 Å². The Balaban J connectivity index is 1.48. The van der Waals surface area contributed by atoms with Crippen molar-refractivity contribution in [3.05, 3.63) is 84.4 Å². The quantitative estimate of drug-likeness (QED) is 0.299. The first kappa shape index (κ1) is 21.3. The molecule has 7 heteroatoms. The summed E-state index contributed by atoms with van der Waals surface area (Å²) in [6.07, 6.45) is 0. The molecule has 3 rings (SSSR count). The van der Waals surface area contributed by atoms with Crippen LogP contribution < -0.4 is 21.3 Å². The lowest BCUT2D eigenvalue weighted by Gasteiger charge is -2.13. The van der Waals surface area contributed by atoms with E-state index in [1.54, 1.807) is 23.9 Å². The summed E-state index contributed by atoms with van der Waals surface area (Å²) >= 11 is 1.68. The second-order valence-corrected chi connectivity index (χ2v) is 7.69. The third-order valence-electron chi connectivity index (χ3n) is 4.17. The summed E-state index contributed by atoms with van der Waals surface area (Å²) < 4.78 is 0. The minimum absolute atomic E-state index is 0.280. The van der Waals surface area contributed by atoms with Gasteiger partial charge in [-0.3, -0.25) is 0 Å². The van der Waals surface area contributed by atoms with E-state index in [9.17, 15) is 9.59 Å². The zero-order valence-corrected chi connectivity index (χ0v) is 17.5. The Hall–Kier alpha value is -3.45. The molecule has 0 heterocycles. The molecule has 0 aromatic heterocycles. The van der Waals surface area contributed by atoms with E-state index in [4.69, 9.17) is 0 Å². The number of nitrogens with one attached hydrogen (secondary N) is 4. The molecular formula is C23H24N4O2S. The average Bonchev–Trinajstić information content (AvgIpc) is 2.75. The number of amides is 4. The molecule has 0 saturated carbocycles. The summed E-state index contributed by atoms with van der Waals surface area (Å²) in [5.74, 6) is 0.775. The van der Waals surface area contributed by atoms with Crippen LogP contribution in [-0.2, 0) is 0 Å². The maximum absolute atomic E-state index is 12.2. The van der Waals surface area contributed by atoms with Gasteiger partial charge in [0.2, 0.25) is 0 Å². The molecule has 0 saturated heterocycles. The largest absolute Gasteiger partial charge is 0.337 e. The van der Waals surface area contributed by atoms with Gasteiger partial charge in [-0.25, -0.2) is 9.59 Å². The molecule has 3 aromatic carbocycles. The summed E-state index contributed by atoms with van der Waals surface area (Å²) in [6, 6.07) is 24.0. The van der Waals surface area contributed by atoms with E-state index in [2.05, 4.69) is 21.3 Å². The van der Waals surface area contributed by atoms with E-state index >= 15 is 0 Å². The van der Waals surface area contributed by atoms with Crippen LogP contribution in [0.3, 0.4) is 0 Å². The number of hydrogen-bond donors (Lipinski definition) is 4. The Kier molecular flexibility index (Phi) is 7.74. The molecule has 154 valence electrons. The van der Waals surface area contributed by atoms with Crippen molar-refractivity contribution >= 4 is 40.9 Å². The molecule has 0 aliphatic heterocycles. The Bertz CT molecular complexity index is 981. The predicted molar refractivity (Wildman–Crippen MR) is 124 cm³/mol. The number of benzene rings is 3. The number of carbonyl (C=O) groups excluding carboxylic acids is 2. The van der Waals surface area contributed by atoms with Crippen molar-refractivity contribution in [2.45, 2.75) is 11.8 Å². The first-order valence-electron chi connectivity index (χ1n) is 9.56. The highest BCUT2D eigenvalue weighted by Crippen LogP contribution is 2.21. The number of anilines is 3. The van der Waals surface area contributed by atoms with Crippen molar-refractivity contribution in [2.24, 2.45) is 0 Å². The number of thioether (sulfide) groups is 1. The van der Waals surface area contributed by atoms with Crippen LogP contribution in [0.1, 0.15) is 5.56 Å². The zero-order chi connectivity index (χ0) is 21.2. The molecule has 3 aromatic rings. The average molecular weight is 421 g/mol. The number of hydrogen-bond acceptors (Lipinski definition) is 3. The first-order chi connectivity index (χ1) is 14.6. The van der Waals surface area contributed by atoms with E-state index in [0.29, 0.717) is 23.6 Å². The Morgan fingerprint density at radius 1 is 0.767 bits per heavy atom. The fourth-order valence-corrected chi connectivity index (χ4v) is 3.46.